The van der Waals surface area contributed by atoms with Gasteiger partial charge in [0.1, 0.15) is 5.75 Å². The zero-order chi connectivity index (χ0) is 24.7. The maximum atomic E-state index is 12.6. The van der Waals surface area contributed by atoms with Crippen molar-refractivity contribution in [1.29, 1.82) is 0 Å². The van der Waals surface area contributed by atoms with Crippen LogP contribution in [0, 0.1) is 12.3 Å². The van der Waals surface area contributed by atoms with E-state index >= 15 is 0 Å². The van der Waals surface area contributed by atoms with Crippen LogP contribution in [0.4, 0.5) is 11.4 Å². The average Bonchev–Trinajstić information content (AvgIpc) is 2.90. The number of carbonyl (C=O) groups excluding carboxylic acids is 1. The number of rotatable bonds is 13. The summed E-state index contributed by atoms with van der Waals surface area (Å²) in [6.45, 7) is 2.39. The van der Waals surface area contributed by atoms with Crippen molar-refractivity contribution in [3.05, 3.63) is 90.0 Å². The molecular weight excluding hydrogens is 434 g/mol. The van der Waals surface area contributed by atoms with E-state index in [2.05, 4.69) is 40.5 Å². The molecule has 5 nitrogen and oxygen atoms in total. The molecule has 0 unspecified atom stereocenters. The number of amides is 1. The van der Waals surface area contributed by atoms with E-state index < -0.39 is 6.10 Å². The summed E-state index contributed by atoms with van der Waals surface area (Å²) in [6.07, 6.45) is 11.2. The second-order valence-electron chi connectivity index (χ2n) is 8.39. The molecule has 1 N–H and O–H groups in total. The number of terminal acetylenes is 1. The fraction of sp³-hybridized carbons (Fsp3) is 0.300. The minimum absolute atomic E-state index is 0.159. The Morgan fingerprint density at radius 1 is 0.886 bits per heavy atom. The molecule has 0 aliphatic carbocycles. The summed E-state index contributed by atoms with van der Waals surface area (Å²) in [4.78, 5) is 12.6. The van der Waals surface area contributed by atoms with Gasteiger partial charge in [0, 0.05) is 6.42 Å². The number of ether oxygens (including phenoxy) is 1. The first-order valence-electron chi connectivity index (χ1n) is 12.2. The van der Waals surface area contributed by atoms with E-state index in [1.807, 2.05) is 54.6 Å². The van der Waals surface area contributed by atoms with E-state index in [1.165, 1.54) is 31.2 Å². The Balaban J connectivity index is 1.58. The number of nitrogens with one attached hydrogen (secondary N) is 1. The molecule has 5 heteroatoms. The molecule has 0 bridgehead atoms. The van der Waals surface area contributed by atoms with Crippen molar-refractivity contribution in [1.82, 2.24) is 5.32 Å². The fourth-order valence-corrected chi connectivity index (χ4v) is 3.62. The number of hydrogen-bond donors (Lipinski definition) is 1. The van der Waals surface area contributed by atoms with Crippen LogP contribution in [-0.4, -0.2) is 18.6 Å². The normalized spacial score (nSPS) is 11.7. The number of unbranched alkanes of at least 4 members (excludes halogenated alkanes) is 3. The zero-order valence-corrected chi connectivity index (χ0v) is 20.3. The van der Waals surface area contributed by atoms with Crippen LogP contribution >= 0.6 is 0 Å². The molecule has 180 valence electrons. The number of nitrogens with zero attached hydrogens (tertiary/aromatic N) is 2. The highest BCUT2D eigenvalue weighted by Crippen LogP contribution is 2.23. The van der Waals surface area contributed by atoms with Gasteiger partial charge in [0.05, 0.1) is 17.9 Å². The Labute approximate surface area is 208 Å². The number of hydrogen-bond acceptors (Lipinski definition) is 4. The van der Waals surface area contributed by atoms with Crippen molar-refractivity contribution in [2.75, 3.05) is 6.54 Å². The van der Waals surface area contributed by atoms with E-state index in [9.17, 15) is 4.79 Å². The summed E-state index contributed by atoms with van der Waals surface area (Å²) in [5, 5.41) is 11.4. The van der Waals surface area contributed by atoms with Gasteiger partial charge in [-0.05, 0) is 60.4 Å². The first-order chi connectivity index (χ1) is 17.2. The molecule has 0 saturated heterocycles. The molecule has 1 atom stereocenters. The van der Waals surface area contributed by atoms with E-state index in [1.54, 1.807) is 12.1 Å². The summed E-state index contributed by atoms with van der Waals surface area (Å²) in [5.41, 5.74) is 3.86. The van der Waals surface area contributed by atoms with Gasteiger partial charge in [0.25, 0.3) is 5.91 Å². The molecule has 3 aromatic rings. The molecule has 35 heavy (non-hydrogen) atoms. The summed E-state index contributed by atoms with van der Waals surface area (Å²) >= 11 is 0. The number of aryl methyl sites for hydroxylation is 1. The molecule has 0 radical (unpaired) electrons. The summed E-state index contributed by atoms with van der Waals surface area (Å²) < 4.78 is 6.00. The van der Waals surface area contributed by atoms with Crippen LogP contribution in [0.1, 0.15) is 43.7 Å². The third kappa shape index (κ3) is 9.10. The lowest BCUT2D eigenvalue weighted by atomic mass is 10.1. The van der Waals surface area contributed by atoms with Crippen LogP contribution in [0.25, 0.3) is 0 Å². The zero-order valence-electron chi connectivity index (χ0n) is 20.3. The maximum Gasteiger partial charge on any atom is 0.262 e. The standard InChI is InChI=1S/C30H33N3O2/c1-3-5-6-8-11-24-14-16-26(17-15-24)32-33-27-18-20-28(21-19-27)35-29(30(34)31-22-4-2)23-25-12-9-7-10-13-25/h2,7,9-10,12-21,29H,3,5-6,8,11,22-23H2,1H3,(H,31,34)/t29-/m1/s1. The molecule has 3 aromatic carbocycles. The van der Waals surface area contributed by atoms with Crippen molar-refractivity contribution in [3.8, 4) is 18.1 Å². The second-order valence-corrected chi connectivity index (χ2v) is 8.39. The highest BCUT2D eigenvalue weighted by atomic mass is 16.5. The lowest BCUT2D eigenvalue weighted by molar-refractivity contribution is -0.127. The molecule has 1 amide bonds. The van der Waals surface area contributed by atoms with Gasteiger partial charge in [-0.1, -0.05) is 74.6 Å². The predicted molar refractivity (Wildman–Crippen MR) is 141 cm³/mol. The van der Waals surface area contributed by atoms with E-state index in [-0.39, 0.29) is 12.5 Å². The Bertz CT molecular complexity index is 1100. The van der Waals surface area contributed by atoms with Gasteiger partial charge < -0.3 is 10.1 Å². The van der Waals surface area contributed by atoms with E-state index in [0.717, 1.165) is 17.7 Å². The molecule has 0 spiro atoms. The summed E-state index contributed by atoms with van der Waals surface area (Å²) in [5.74, 6) is 2.75. The van der Waals surface area contributed by atoms with Gasteiger partial charge in [0.15, 0.2) is 6.10 Å². The van der Waals surface area contributed by atoms with E-state index in [4.69, 9.17) is 11.2 Å². The lowest BCUT2D eigenvalue weighted by Crippen LogP contribution is -2.40. The van der Waals surface area contributed by atoms with Gasteiger partial charge in [-0.3, -0.25) is 4.79 Å². The summed E-state index contributed by atoms with van der Waals surface area (Å²) in [7, 11) is 0. The van der Waals surface area contributed by atoms with Gasteiger partial charge in [-0.2, -0.15) is 10.2 Å². The molecule has 3 rings (SSSR count). The van der Waals surface area contributed by atoms with Crippen molar-refractivity contribution in [2.24, 2.45) is 10.2 Å². The smallest absolute Gasteiger partial charge is 0.262 e. The lowest BCUT2D eigenvalue weighted by Gasteiger charge is -2.18. The Morgan fingerprint density at radius 3 is 2.17 bits per heavy atom. The second kappa shape index (κ2) is 14.4. The number of carbonyl (C=O) groups is 1. The molecule has 0 heterocycles. The molecule has 0 aliphatic rings. The molecule has 0 aliphatic heterocycles. The number of azo groups is 1. The minimum Gasteiger partial charge on any atom is -0.480 e. The van der Waals surface area contributed by atoms with Crippen molar-refractivity contribution in [2.45, 2.75) is 51.6 Å². The van der Waals surface area contributed by atoms with Gasteiger partial charge in [-0.15, -0.1) is 6.42 Å². The van der Waals surface area contributed by atoms with Crippen LogP contribution < -0.4 is 10.1 Å². The third-order valence-corrected chi connectivity index (χ3v) is 5.57. The van der Waals surface area contributed by atoms with Crippen LogP contribution in [0.3, 0.4) is 0 Å². The van der Waals surface area contributed by atoms with Gasteiger partial charge >= 0.3 is 0 Å². The monoisotopic (exact) mass is 467 g/mol. The molecular formula is C30H33N3O2. The first kappa shape index (κ1) is 25.7. The summed E-state index contributed by atoms with van der Waals surface area (Å²) in [6, 6.07) is 25.2. The Kier molecular flexibility index (Phi) is 10.6. The third-order valence-electron chi connectivity index (χ3n) is 5.57. The van der Waals surface area contributed by atoms with Crippen LogP contribution in [-0.2, 0) is 17.6 Å². The average molecular weight is 468 g/mol. The SMILES string of the molecule is C#CCNC(=O)[C@@H](Cc1ccccc1)Oc1ccc(N=Nc2ccc(CCCCCC)cc2)cc1. The van der Waals surface area contributed by atoms with Crippen LogP contribution in [0.5, 0.6) is 5.75 Å². The van der Waals surface area contributed by atoms with Gasteiger partial charge in [0.2, 0.25) is 0 Å². The topological polar surface area (TPSA) is 63.0 Å². The van der Waals surface area contributed by atoms with Crippen molar-refractivity contribution < 1.29 is 9.53 Å². The maximum absolute atomic E-state index is 12.6. The highest BCUT2D eigenvalue weighted by molar-refractivity contribution is 5.81. The van der Waals surface area contributed by atoms with Crippen LogP contribution in [0.2, 0.25) is 0 Å². The largest absolute Gasteiger partial charge is 0.480 e. The number of benzene rings is 3. The molecule has 0 aromatic heterocycles. The molecule has 0 saturated carbocycles. The molecule has 0 fully saturated rings. The van der Waals surface area contributed by atoms with E-state index in [0.29, 0.717) is 17.9 Å². The fourth-order valence-electron chi connectivity index (χ4n) is 3.62. The van der Waals surface area contributed by atoms with Crippen molar-refractivity contribution >= 4 is 17.3 Å². The quantitative estimate of drug-likeness (QED) is 0.168. The van der Waals surface area contributed by atoms with Gasteiger partial charge in [-0.25, -0.2) is 0 Å². The van der Waals surface area contributed by atoms with Crippen LogP contribution in [0.15, 0.2) is 89.1 Å². The minimum atomic E-state index is -0.696. The Hall–Kier alpha value is -3.91. The highest BCUT2D eigenvalue weighted by Gasteiger charge is 2.20. The predicted octanol–water partition coefficient (Wildman–Crippen LogP) is 6.96. The first-order valence-corrected chi connectivity index (χ1v) is 12.2. The Morgan fingerprint density at radius 2 is 1.54 bits per heavy atom. The van der Waals surface area contributed by atoms with Crippen molar-refractivity contribution in [3.63, 3.8) is 0 Å².